The van der Waals surface area contributed by atoms with Crippen molar-refractivity contribution in [3.63, 3.8) is 0 Å². The number of likely N-dealkylation sites (tertiary alicyclic amines) is 1. The van der Waals surface area contributed by atoms with Gasteiger partial charge < -0.3 is 19.7 Å². The maximum absolute atomic E-state index is 12.4. The number of hydrogen-bond donors (Lipinski definition) is 1. The highest BCUT2D eigenvalue weighted by Gasteiger charge is 2.24. The lowest BCUT2D eigenvalue weighted by atomic mass is 10.1. The van der Waals surface area contributed by atoms with Gasteiger partial charge in [-0.05, 0) is 44.9 Å². The van der Waals surface area contributed by atoms with Crippen LogP contribution in [0.1, 0.15) is 37.0 Å². The maximum atomic E-state index is 12.4. The molecule has 1 aromatic carbocycles. The lowest BCUT2D eigenvalue weighted by Crippen LogP contribution is -2.44. The standard InChI is InChI=1S/C17H23ClN2O4/c1-11(2)24-16(21)14-9-12(6-7-15(14)18)19-17(22)20-8-4-5-13(10-20)23-3/h6-7,9,11,13H,4-5,8,10H2,1-3H3,(H,19,22)/t13-/m1/s1. The molecule has 0 aromatic heterocycles. The number of anilines is 1. The monoisotopic (exact) mass is 354 g/mol. The van der Waals surface area contributed by atoms with E-state index in [1.165, 1.54) is 6.07 Å². The Labute approximate surface area is 147 Å². The van der Waals surface area contributed by atoms with Gasteiger partial charge in [0.2, 0.25) is 0 Å². The van der Waals surface area contributed by atoms with E-state index < -0.39 is 5.97 Å². The molecule has 2 rings (SSSR count). The Bertz CT molecular complexity index is 606. The van der Waals surface area contributed by atoms with Crippen LogP contribution >= 0.6 is 11.6 Å². The predicted octanol–water partition coefficient (Wildman–Crippen LogP) is 3.55. The fourth-order valence-corrected chi connectivity index (χ4v) is 2.75. The van der Waals surface area contributed by atoms with Crippen molar-refractivity contribution in [2.24, 2.45) is 0 Å². The molecule has 6 nitrogen and oxygen atoms in total. The molecule has 2 amide bonds. The first-order valence-corrected chi connectivity index (χ1v) is 8.37. The van der Waals surface area contributed by atoms with Gasteiger partial charge in [-0.1, -0.05) is 11.6 Å². The molecule has 7 heteroatoms. The lowest BCUT2D eigenvalue weighted by molar-refractivity contribution is 0.0378. The number of amides is 2. The van der Waals surface area contributed by atoms with Gasteiger partial charge in [0.25, 0.3) is 0 Å². The normalized spacial score (nSPS) is 17.7. The number of esters is 1. The topological polar surface area (TPSA) is 67.9 Å². The van der Waals surface area contributed by atoms with Crippen molar-refractivity contribution >= 4 is 29.3 Å². The molecule has 0 unspecified atom stereocenters. The molecule has 1 fully saturated rings. The Morgan fingerprint density at radius 1 is 1.38 bits per heavy atom. The van der Waals surface area contributed by atoms with Crippen LogP contribution in [-0.4, -0.2) is 49.3 Å². The zero-order valence-electron chi connectivity index (χ0n) is 14.2. The average molecular weight is 355 g/mol. The second-order valence-electron chi connectivity index (χ2n) is 6.02. The summed E-state index contributed by atoms with van der Waals surface area (Å²) >= 11 is 6.06. The first kappa shape index (κ1) is 18.5. The van der Waals surface area contributed by atoms with E-state index in [2.05, 4.69) is 5.32 Å². The number of carbonyl (C=O) groups excluding carboxylic acids is 2. The number of urea groups is 1. The SMILES string of the molecule is CO[C@@H]1CCCN(C(=O)Nc2ccc(Cl)c(C(=O)OC(C)C)c2)C1. The summed E-state index contributed by atoms with van der Waals surface area (Å²) in [7, 11) is 1.65. The van der Waals surface area contributed by atoms with Crippen molar-refractivity contribution in [3.8, 4) is 0 Å². The number of piperidine rings is 1. The molecular formula is C17H23ClN2O4. The smallest absolute Gasteiger partial charge is 0.339 e. The molecule has 1 N–H and O–H groups in total. The number of benzene rings is 1. The van der Waals surface area contributed by atoms with Gasteiger partial charge in [0.1, 0.15) is 0 Å². The molecule has 1 atom stereocenters. The Kier molecular flexibility index (Phi) is 6.45. The summed E-state index contributed by atoms with van der Waals surface area (Å²) in [5, 5.41) is 3.09. The minimum atomic E-state index is -0.511. The lowest BCUT2D eigenvalue weighted by Gasteiger charge is -2.31. The van der Waals surface area contributed by atoms with Crippen molar-refractivity contribution < 1.29 is 19.1 Å². The first-order valence-electron chi connectivity index (χ1n) is 8.00. The summed E-state index contributed by atoms with van der Waals surface area (Å²) < 4.78 is 10.5. The van der Waals surface area contributed by atoms with Crippen molar-refractivity contribution in [1.29, 1.82) is 0 Å². The van der Waals surface area contributed by atoms with Crippen molar-refractivity contribution in [2.75, 3.05) is 25.5 Å². The number of nitrogens with one attached hydrogen (secondary N) is 1. The highest BCUT2D eigenvalue weighted by Crippen LogP contribution is 2.23. The van der Waals surface area contributed by atoms with Crippen molar-refractivity contribution in [1.82, 2.24) is 4.90 Å². The van der Waals surface area contributed by atoms with Gasteiger partial charge >= 0.3 is 12.0 Å². The van der Waals surface area contributed by atoms with Crippen LogP contribution in [0.2, 0.25) is 5.02 Å². The van der Waals surface area contributed by atoms with Gasteiger partial charge in [0.05, 0.1) is 22.8 Å². The van der Waals surface area contributed by atoms with E-state index in [0.29, 0.717) is 18.8 Å². The van der Waals surface area contributed by atoms with Crippen LogP contribution in [0, 0.1) is 0 Å². The third-order valence-electron chi connectivity index (χ3n) is 3.78. The highest BCUT2D eigenvalue weighted by atomic mass is 35.5. The first-order chi connectivity index (χ1) is 11.4. The molecule has 1 heterocycles. The van der Waals surface area contributed by atoms with E-state index in [-0.39, 0.29) is 28.8 Å². The van der Waals surface area contributed by atoms with E-state index in [9.17, 15) is 9.59 Å². The Balaban J connectivity index is 2.06. The van der Waals surface area contributed by atoms with Crippen LogP contribution in [0.4, 0.5) is 10.5 Å². The summed E-state index contributed by atoms with van der Waals surface area (Å²) in [6, 6.07) is 4.54. The number of ether oxygens (including phenoxy) is 2. The molecule has 1 aliphatic heterocycles. The number of rotatable bonds is 4. The van der Waals surface area contributed by atoms with Crippen LogP contribution in [0.25, 0.3) is 0 Å². The molecule has 24 heavy (non-hydrogen) atoms. The van der Waals surface area contributed by atoms with Gasteiger partial charge in [-0.25, -0.2) is 9.59 Å². The molecule has 132 valence electrons. The van der Waals surface area contributed by atoms with Crippen LogP contribution in [0.3, 0.4) is 0 Å². The number of halogens is 1. The van der Waals surface area contributed by atoms with Crippen LogP contribution in [0.5, 0.6) is 0 Å². The molecule has 0 bridgehead atoms. The van der Waals surface area contributed by atoms with Crippen molar-refractivity contribution in [3.05, 3.63) is 28.8 Å². The Hall–Kier alpha value is -1.79. The van der Waals surface area contributed by atoms with Crippen LogP contribution in [0.15, 0.2) is 18.2 Å². The minimum Gasteiger partial charge on any atom is -0.459 e. The predicted molar refractivity (Wildman–Crippen MR) is 92.6 cm³/mol. The number of methoxy groups -OCH3 is 1. The van der Waals surface area contributed by atoms with E-state index in [1.54, 1.807) is 38.0 Å². The number of hydrogen-bond acceptors (Lipinski definition) is 4. The molecular weight excluding hydrogens is 332 g/mol. The van der Waals surface area contributed by atoms with E-state index in [0.717, 1.165) is 12.8 Å². The van der Waals surface area contributed by atoms with E-state index in [1.807, 2.05) is 0 Å². The average Bonchev–Trinajstić information content (AvgIpc) is 2.55. The van der Waals surface area contributed by atoms with Gasteiger partial charge in [-0.3, -0.25) is 0 Å². The molecule has 0 radical (unpaired) electrons. The maximum Gasteiger partial charge on any atom is 0.339 e. The summed E-state index contributed by atoms with van der Waals surface area (Å²) in [6.45, 7) is 4.76. The Morgan fingerprint density at radius 3 is 2.79 bits per heavy atom. The zero-order valence-corrected chi connectivity index (χ0v) is 14.9. The molecule has 1 aromatic rings. The zero-order chi connectivity index (χ0) is 17.7. The second kappa shape index (κ2) is 8.35. The van der Waals surface area contributed by atoms with Crippen LogP contribution in [-0.2, 0) is 9.47 Å². The van der Waals surface area contributed by atoms with Crippen LogP contribution < -0.4 is 5.32 Å². The van der Waals surface area contributed by atoms with Gasteiger partial charge in [-0.15, -0.1) is 0 Å². The van der Waals surface area contributed by atoms with E-state index >= 15 is 0 Å². The van der Waals surface area contributed by atoms with Gasteiger partial charge in [-0.2, -0.15) is 0 Å². The highest BCUT2D eigenvalue weighted by molar-refractivity contribution is 6.33. The Morgan fingerprint density at radius 2 is 2.12 bits per heavy atom. The minimum absolute atomic E-state index is 0.0614. The summed E-state index contributed by atoms with van der Waals surface area (Å²) in [5.41, 5.74) is 0.733. The fraction of sp³-hybridized carbons (Fsp3) is 0.529. The second-order valence-corrected chi connectivity index (χ2v) is 6.43. The van der Waals surface area contributed by atoms with Crippen molar-refractivity contribution in [2.45, 2.75) is 38.9 Å². The molecule has 0 saturated carbocycles. The number of carbonyl (C=O) groups is 2. The number of nitrogens with zero attached hydrogens (tertiary/aromatic N) is 1. The molecule has 1 aliphatic rings. The molecule has 0 spiro atoms. The largest absolute Gasteiger partial charge is 0.459 e. The summed E-state index contributed by atoms with van der Waals surface area (Å²) in [4.78, 5) is 26.1. The van der Waals surface area contributed by atoms with Gasteiger partial charge in [0, 0.05) is 25.9 Å². The molecule has 0 aliphatic carbocycles. The quantitative estimate of drug-likeness (QED) is 0.839. The van der Waals surface area contributed by atoms with E-state index in [4.69, 9.17) is 21.1 Å². The molecule has 1 saturated heterocycles. The fourth-order valence-electron chi connectivity index (χ4n) is 2.55. The van der Waals surface area contributed by atoms with Gasteiger partial charge in [0.15, 0.2) is 0 Å². The third-order valence-corrected chi connectivity index (χ3v) is 4.11. The summed E-state index contributed by atoms with van der Waals surface area (Å²) in [5.74, 6) is -0.511. The third kappa shape index (κ3) is 4.85. The summed E-state index contributed by atoms with van der Waals surface area (Å²) in [6.07, 6.45) is 1.67.